The summed E-state index contributed by atoms with van der Waals surface area (Å²) in [7, 11) is 0. The van der Waals surface area contributed by atoms with E-state index in [0.717, 1.165) is 20.3 Å². The first-order valence-electron chi connectivity index (χ1n) is 7.65. The smallest absolute Gasteiger partial charge is 0.328 e. The average molecular weight is 351 g/mol. The van der Waals surface area contributed by atoms with Gasteiger partial charge < -0.3 is 4.74 Å². The normalized spacial score (nSPS) is 11.0. The van der Waals surface area contributed by atoms with E-state index in [4.69, 9.17) is 4.74 Å². The Morgan fingerprint density at radius 2 is 1.84 bits per heavy atom. The molecule has 2 aromatic carbocycles. The van der Waals surface area contributed by atoms with Gasteiger partial charge in [0.2, 0.25) is 0 Å². The highest BCUT2D eigenvalue weighted by molar-refractivity contribution is 7.17. The van der Waals surface area contributed by atoms with Crippen molar-refractivity contribution in [2.24, 2.45) is 0 Å². The Morgan fingerprint density at radius 3 is 2.72 bits per heavy atom. The standard InChI is InChI=1S/C18H13N3O3S/c22-17(24-10-12-11-25-16-8-4-2-5-13(12)16)9-21-18(23)14-6-1-3-7-15(14)19-20-21/h1-8,11H,9-10H2. The van der Waals surface area contributed by atoms with Crippen molar-refractivity contribution in [2.45, 2.75) is 13.2 Å². The van der Waals surface area contributed by atoms with E-state index in [0.29, 0.717) is 10.9 Å². The third-order valence-corrected chi connectivity index (χ3v) is 4.87. The first-order chi connectivity index (χ1) is 12.2. The summed E-state index contributed by atoms with van der Waals surface area (Å²) in [6.07, 6.45) is 0. The number of benzene rings is 2. The van der Waals surface area contributed by atoms with E-state index in [1.165, 1.54) is 0 Å². The zero-order valence-electron chi connectivity index (χ0n) is 13.1. The number of rotatable bonds is 4. The van der Waals surface area contributed by atoms with Crippen LogP contribution < -0.4 is 5.56 Å². The molecule has 0 atom stereocenters. The second kappa shape index (κ2) is 6.45. The molecule has 25 heavy (non-hydrogen) atoms. The van der Waals surface area contributed by atoms with Gasteiger partial charge in [-0.05, 0) is 29.0 Å². The van der Waals surface area contributed by atoms with Gasteiger partial charge in [0.05, 0.1) is 5.39 Å². The summed E-state index contributed by atoms with van der Waals surface area (Å²) >= 11 is 1.60. The molecule has 0 aliphatic heterocycles. The van der Waals surface area contributed by atoms with Crippen LogP contribution in [0.3, 0.4) is 0 Å². The van der Waals surface area contributed by atoms with Crippen molar-refractivity contribution in [3.63, 3.8) is 0 Å². The molecule has 4 rings (SSSR count). The van der Waals surface area contributed by atoms with E-state index < -0.39 is 5.97 Å². The Kier molecular flexibility index (Phi) is 3.99. The molecule has 124 valence electrons. The molecule has 6 nitrogen and oxygen atoms in total. The number of carbonyl (C=O) groups excluding carboxylic acids is 1. The fourth-order valence-corrected chi connectivity index (χ4v) is 3.55. The highest BCUT2D eigenvalue weighted by Crippen LogP contribution is 2.26. The number of hydrogen-bond donors (Lipinski definition) is 0. The summed E-state index contributed by atoms with van der Waals surface area (Å²) in [6, 6.07) is 14.8. The molecule has 4 aromatic rings. The Hall–Kier alpha value is -3.06. The molecule has 0 aliphatic carbocycles. The van der Waals surface area contributed by atoms with Crippen LogP contribution in [0, 0.1) is 0 Å². The van der Waals surface area contributed by atoms with Crippen molar-refractivity contribution in [2.75, 3.05) is 0 Å². The number of hydrogen-bond acceptors (Lipinski definition) is 6. The number of fused-ring (bicyclic) bond motifs is 2. The van der Waals surface area contributed by atoms with E-state index in [9.17, 15) is 9.59 Å². The maximum atomic E-state index is 12.3. The molecule has 0 spiro atoms. The number of aromatic nitrogens is 3. The first kappa shape index (κ1) is 15.5. The van der Waals surface area contributed by atoms with Crippen LogP contribution in [-0.4, -0.2) is 21.0 Å². The maximum absolute atomic E-state index is 12.3. The molecule has 0 unspecified atom stereocenters. The van der Waals surface area contributed by atoms with E-state index in [1.54, 1.807) is 35.6 Å². The SMILES string of the molecule is O=C(Cn1nnc2ccccc2c1=O)OCc1csc2ccccc12. The van der Waals surface area contributed by atoms with Gasteiger partial charge in [-0.2, -0.15) is 4.68 Å². The van der Waals surface area contributed by atoms with Gasteiger partial charge >= 0.3 is 5.97 Å². The number of thiophene rings is 1. The molecule has 0 N–H and O–H groups in total. The van der Waals surface area contributed by atoms with Crippen LogP contribution in [0.5, 0.6) is 0 Å². The number of ether oxygens (including phenoxy) is 1. The molecular weight excluding hydrogens is 338 g/mol. The lowest BCUT2D eigenvalue weighted by Gasteiger charge is -2.06. The van der Waals surface area contributed by atoms with E-state index in [-0.39, 0.29) is 18.7 Å². The molecule has 7 heteroatoms. The van der Waals surface area contributed by atoms with Crippen molar-refractivity contribution >= 4 is 38.3 Å². The highest BCUT2D eigenvalue weighted by Gasteiger charge is 2.12. The predicted octanol–water partition coefficient (Wildman–Crippen LogP) is 2.75. The Bertz CT molecular complexity index is 1130. The molecule has 0 saturated heterocycles. The van der Waals surface area contributed by atoms with Crippen LogP contribution in [0.4, 0.5) is 0 Å². The minimum atomic E-state index is -0.526. The Morgan fingerprint density at radius 1 is 1.08 bits per heavy atom. The predicted molar refractivity (Wildman–Crippen MR) is 95.4 cm³/mol. The zero-order chi connectivity index (χ0) is 17.2. The van der Waals surface area contributed by atoms with Crippen LogP contribution >= 0.6 is 11.3 Å². The van der Waals surface area contributed by atoms with Gasteiger partial charge in [0, 0.05) is 10.3 Å². The first-order valence-corrected chi connectivity index (χ1v) is 8.53. The van der Waals surface area contributed by atoms with Crippen LogP contribution in [0.2, 0.25) is 0 Å². The second-order valence-electron chi connectivity index (χ2n) is 5.49. The molecule has 0 radical (unpaired) electrons. The van der Waals surface area contributed by atoms with Gasteiger partial charge in [-0.15, -0.1) is 16.4 Å². The van der Waals surface area contributed by atoms with Gasteiger partial charge in [0.25, 0.3) is 5.56 Å². The fourth-order valence-electron chi connectivity index (χ4n) is 2.60. The maximum Gasteiger partial charge on any atom is 0.328 e. The molecule has 2 aromatic heterocycles. The largest absolute Gasteiger partial charge is 0.459 e. The van der Waals surface area contributed by atoms with E-state index in [2.05, 4.69) is 10.3 Å². The number of carbonyl (C=O) groups is 1. The van der Waals surface area contributed by atoms with Gasteiger partial charge in [0.1, 0.15) is 18.7 Å². The summed E-state index contributed by atoms with van der Waals surface area (Å²) in [5.41, 5.74) is 1.09. The summed E-state index contributed by atoms with van der Waals surface area (Å²) in [4.78, 5) is 24.4. The lowest BCUT2D eigenvalue weighted by atomic mass is 10.2. The molecule has 0 bridgehead atoms. The fraction of sp³-hybridized carbons (Fsp3) is 0.111. The lowest BCUT2D eigenvalue weighted by Crippen LogP contribution is -2.28. The van der Waals surface area contributed by atoms with Crippen molar-refractivity contribution in [1.82, 2.24) is 15.0 Å². The molecule has 0 aliphatic rings. The zero-order valence-corrected chi connectivity index (χ0v) is 13.9. The van der Waals surface area contributed by atoms with Gasteiger partial charge in [0.15, 0.2) is 0 Å². The van der Waals surface area contributed by atoms with Crippen molar-refractivity contribution in [3.8, 4) is 0 Å². The number of esters is 1. The summed E-state index contributed by atoms with van der Waals surface area (Å²) in [5.74, 6) is -0.526. The van der Waals surface area contributed by atoms with Crippen LogP contribution in [0.1, 0.15) is 5.56 Å². The quantitative estimate of drug-likeness (QED) is 0.529. The Labute approximate surface area is 146 Å². The molecule has 0 saturated carbocycles. The van der Waals surface area contributed by atoms with Gasteiger partial charge in [-0.25, -0.2) is 0 Å². The third kappa shape index (κ3) is 3.01. The second-order valence-corrected chi connectivity index (χ2v) is 6.40. The number of nitrogens with zero attached hydrogens (tertiary/aromatic N) is 3. The topological polar surface area (TPSA) is 74.1 Å². The molecular formula is C18H13N3O3S. The molecule has 2 heterocycles. The van der Waals surface area contributed by atoms with E-state index >= 15 is 0 Å². The third-order valence-electron chi connectivity index (χ3n) is 3.86. The van der Waals surface area contributed by atoms with Crippen LogP contribution in [0.25, 0.3) is 21.0 Å². The summed E-state index contributed by atoms with van der Waals surface area (Å²) in [6.45, 7) is -0.0999. The van der Waals surface area contributed by atoms with Crippen LogP contribution in [0.15, 0.2) is 58.7 Å². The lowest BCUT2D eigenvalue weighted by molar-refractivity contribution is -0.146. The highest BCUT2D eigenvalue weighted by atomic mass is 32.1. The van der Waals surface area contributed by atoms with Gasteiger partial charge in [-0.3, -0.25) is 9.59 Å². The van der Waals surface area contributed by atoms with Gasteiger partial charge in [-0.1, -0.05) is 35.5 Å². The minimum absolute atomic E-state index is 0.165. The monoisotopic (exact) mass is 351 g/mol. The van der Waals surface area contributed by atoms with Crippen LogP contribution in [-0.2, 0) is 22.7 Å². The van der Waals surface area contributed by atoms with E-state index in [1.807, 2.05) is 29.6 Å². The average Bonchev–Trinajstić information content (AvgIpc) is 3.06. The summed E-state index contributed by atoms with van der Waals surface area (Å²) in [5, 5.41) is 11.2. The molecule has 0 fully saturated rings. The minimum Gasteiger partial charge on any atom is -0.459 e. The summed E-state index contributed by atoms with van der Waals surface area (Å²) < 4.78 is 7.47. The Balaban J connectivity index is 1.49. The molecule has 0 amide bonds. The van der Waals surface area contributed by atoms with Crippen molar-refractivity contribution in [1.29, 1.82) is 0 Å². The van der Waals surface area contributed by atoms with Crippen molar-refractivity contribution < 1.29 is 9.53 Å². The van der Waals surface area contributed by atoms with Crippen molar-refractivity contribution in [3.05, 3.63) is 69.8 Å².